The third kappa shape index (κ3) is 6.27. The van der Waals surface area contributed by atoms with Gasteiger partial charge in [-0.15, -0.1) is 11.3 Å². The Bertz CT molecular complexity index is 3300. The number of fused-ring (bicyclic) bond motifs is 11. The molecule has 0 amide bonds. The van der Waals surface area contributed by atoms with Gasteiger partial charge in [0.2, 0.25) is 0 Å². The first kappa shape index (κ1) is 44.2. The summed E-state index contributed by atoms with van der Waals surface area (Å²) < 4.78 is 2.89. The van der Waals surface area contributed by atoms with Crippen LogP contribution in [0.5, 0.6) is 0 Å². The predicted octanol–water partition coefficient (Wildman–Crippen LogP) is 16.2. The largest absolute Gasteiger partial charge is 0.311 e. The molecule has 6 aromatic carbocycles. The van der Waals surface area contributed by atoms with Crippen molar-refractivity contribution < 1.29 is 0 Å². The van der Waals surface area contributed by atoms with E-state index >= 15 is 0 Å². The van der Waals surface area contributed by atoms with Gasteiger partial charge < -0.3 is 9.80 Å². The van der Waals surface area contributed by atoms with Gasteiger partial charge in [0.25, 0.3) is 6.71 Å². The van der Waals surface area contributed by atoms with Gasteiger partial charge >= 0.3 is 0 Å². The second kappa shape index (κ2) is 14.1. The minimum atomic E-state index is 0.0484. The fraction of sp³-hybridized carbons (Fsp3) is 0.406. The van der Waals surface area contributed by atoms with E-state index in [0.717, 1.165) is 6.42 Å². The van der Waals surface area contributed by atoms with Crippen LogP contribution in [0.4, 0.5) is 34.1 Å². The normalized spacial score (nSPS) is 18.9. The summed E-state index contributed by atoms with van der Waals surface area (Å²) in [4.78, 5) is 5.45. The lowest BCUT2D eigenvalue weighted by Crippen LogP contribution is -2.61. The van der Waals surface area contributed by atoms with Crippen LogP contribution < -0.4 is 25.5 Å². The lowest BCUT2D eigenvalue weighted by Gasteiger charge is -2.47. The van der Waals surface area contributed by atoms with Crippen LogP contribution >= 0.6 is 11.3 Å². The van der Waals surface area contributed by atoms with Crippen LogP contribution in [0, 0.1) is 6.92 Å². The van der Waals surface area contributed by atoms with Crippen molar-refractivity contribution in [3.05, 3.63) is 147 Å². The molecular formula is C64H71BN2S. The average molecular weight is 911 g/mol. The molecule has 1 aromatic heterocycles. The highest BCUT2D eigenvalue weighted by Crippen LogP contribution is 2.56. The highest BCUT2D eigenvalue weighted by Gasteiger charge is 2.49. The molecule has 5 aliphatic rings. The van der Waals surface area contributed by atoms with Crippen LogP contribution in [0.25, 0.3) is 21.2 Å². The van der Waals surface area contributed by atoms with E-state index in [1.165, 1.54) is 147 Å². The lowest BCUT2D eigenvalue weighted by molar-refractivity contribution is 0.332. The van der Waals surface area contributed by atoms with Crippen molar-refractivity contribution in [2.75, 3.05) is 9.80 Å². The summed E-state index contributed by atoms with van der Waals surface area (Å²) in [5, 5.41) is 1.40. The smallest absolute Gasteiger partial charge is 0.264 e. The zero-order valence-electron chi connectivity index (χ0n) is 43.7. The van der Waals surface area contributed by atoms with Crippen LogP contribution in [0.1, 0.15) is 173 Å². The van der Waals surface area contributed by atoms with Gasteiger partial charge in [0.15, 0.2) is 0 Å². The van der Waals surface area contributed by atoms with Crippen molar-refractivity contribution in [1.82, 2.24) is 0 Å². The average Bonchev–Trinajstić information content (AvgIpc) is 3.84. The minimum absolute atomic E-state index is 0.0484. The van der Waals surface area contributed by atoms with Gasteiger partial charge in [0.05, 0.1) is 11.4 Å². The Morgan fingerprint density at radius 2 is 1.13 bits per heavy atom. The summed E-state index contributed by atoms with van der Waals surface area (Å²) in [5.74, 6) is 0. The van der Waals surface area contributed by atoms with E-state index in [-0.39, 0.29) is 39.2 Å². The molecule has 3 heterocycles. The number of nitrogens with zero attached hydrogens (tertiary/aromatic N) is 2. The lowest BCUT2D eigenvalue weighted by atomic mass is 9.35. The summed E-state index contributed by atoms with van der Waals surface area (Å²) in [6.07, 6.45) is 5.73. The maximum atomic E-state index is 2.75. The maximum absolute atomic E-state index is 2.75. The highest BCUT2D eigenvalue weighted by molar-refractivity contribution is 7.33. The standard InChI is InChI=1S/C64H71BN2S/c1-37-30-52-56-53(31-37)67(50-21-16-18-38-32-42-41(55(38)50)19-17-20-44(42)60(5,6)7)51-35-47-46(62(10,11)27-28-63(47,12)13)34-49(51)65(56)58-57(66(52)40-24-22-39(23-25-40)59(2,3)4)43-33-45-48(36-54(43)68-58)64(14,15)29-26-61(45,8)9/h16-25,30-31,33-36H,26-29,32H2,1-15H3. The third-order valence-electron chi connectivity index (χ3n) is 17.7. The minimum Gasteiger partial charge on any atom is -0.311 e. The Morgan fingerprint density at radius 3 is 1.75 bits per heavy atom. The van der Waals surface area contributed by atoms with E-state index in [0.29, 0.717) is 0 Å². The first-order chi connectivity index (χ1) is 31.9. The van der Waals surface area contributed by atoms with Gasteiger partial charge in [-0.2, -0.15) is 0 Å². The van der Waals surface area contributed by atoms with Gasteiger partial charge in [-0.05, 0) is 187 Å². The number of benzene rings is 6. The van der Waals surface area contributed by atoms with Crippen LogP contribution in [0.3, 0.4) is 0 Å². The van der Waals surface area contributed by atoms with Crippen LogP contribution in [-0.4, -0.2) is 6.71 Å². The second-order valence-electron chi connectivity index (χ2n) is 26.4. The molecule has 0 atom stereocenters. The fourth-order valence-electron chi connectivity index (χ4n) is 13.5. The molecule has 0 unspecified atom stereocenters. The second-order valence-corrected chi connectivity index (χ2v) is 27.5. The molecule has 0 spiro atoms. The van der Waals surface area contributed by atoms with Crippen molar-refractivity contribution >= 4 is 78.0 Å². The van der Waals surface area contributed by atoms with E-state index in [1.807, 2.05) is 0 Å². The molecule has 0 radical (unpaired) electrons. The highest BCUT2D eigenvalue weighted by atomic mass is 32.1. The van der Waals surface area contributed by atoms with E-state index in [1.54, 1.807) is 0 Å². The summed E-state index contributed by atoms with van der Waals surface area (Å²) in [6, 6.07) is 39.7. The first-order valence-electron chi connectivity index (χ1n) is 25.8. The molecule has 68 heavy (non-hydrogen) atoms. The molecular weight excluding hydrogens is 840 g/mol. The fourth-order valence-corrected chi connectivity index (χ4v) is 14.9. The summed E-state index contributed by atoms with van der Waals surface area (Å²) in [6.45, 7) is 36.5. The van der Waals surface area contributed by atoms with Crippen LogP contribution in [0.2, 0.25) is 0 Å². The number of rotatable bonds is 2. The Balaban J connectivity index is 1.21. The molecule has 0 N–H and O–H groups in total. The number of aryl methyl sites for hydroxylation is 1. The van der Waals surface area contributed by atoms with Crippen molar-refractivity contribution in [3.8, 4) is 11.1 Å². The third-order valence-corrected chi connectivity index (χ3v) is 18.9. The quantitative estimate of drug-likeness (QED) is 0.159. The number of hydrogen-bond acceptors (Lipinski definition) is 3. The molecule has 346 valence electrons. The van der Waals surface area contributed by atoms with Crippen molar-refractivity contribution in [2.24, 2.45) is 0 Å². The summed E-state index contributed by atoms with van der Waals surface area (Å²) in [7, 11) is 0. The van der Waals surface area contributed by atoms with Crippen molar-refractivity contribution in [3.63, 3.8) is 0 Å². The molecule has 7 aromatic rings. The van der Waals surface area contributed by atoms with Gasteiger partial charge in [-0.3, -0.25) is 0 Å². The van der Waals surface area contributed by atoms with E-state index in [9.17, 15) is 0 Å². The van der Waals surface area contributed by atoms with Crippen LogP contribution in [0.15, 0.2) is 97.1 Å². The zero-order valence-corrected chi connectivity index (χ0v) is 44.5. The molecule has 12 rings (SSSR count). The topological polar surface area (TPSA) is 6.48 Å². The molecule has 3 aliphatic carbocycles. The monoisotopic (exact) mass is 911 g/mol. The maximum Gasteiger partial charge on any atom is 0.264 e. The summed E-state index contributed by atoms with van der Waals surface area (Å²) >= 11 is 2.07. The first-order valence-corrected chi connectivity index (χ1v) is 26.6. The number of anilines is 6. The zero-order chi connectivity index (χ0) is 48.0. The van der Waals surface area contributed by atoms with Gasteiger partial charge in [0, 0.05) is 43.2 Å². The Kier molecular flexibility index (Phi) is 9.13. The van der Waals surface area contributed by atoms with Gasteiger partial charge in [-0.1, -0.05) is 145 Å². The molecule has 2 nitrogen and oxygen atoms in total. The molecule has 2 aliphatic heterocycles. The number of hydrogen-bond donors (Lipinski definition) is 0. The number of thiophene rings is 1. The van der Waals surface area contributed by atoms with Crippen molar-refractivity contribution in [2.45, 2.75) is 168 Å². The van der Waals surface area contributed by atoms with Gasteiger partial charge in [0.1, 0.15) is 0 Å². The molecule has 0 saturated carbocycles. The SMILES string of the molecule is Cc1cc2c3c(c1)N(c1ccc(C(C)(C)C)cc1)c1c(sc4cc5c(cc14)C(C)(C)CCC5(C)C)B3c1cc3c(cc1N2c1cccc2c1-c1cccc(C(C)(C)C)c1C2)C(C)(C)CCC3(C)C. The van der Waals surface area contributed by atoms with Gasteiger partial charge in [-0.25, -0.2) is 0 Å². The molecule has 0 bridgehead atoms. The Hall–Kier alpha value is -5.06. The van der Waals surface area contributed by atoms with Crippen molar-refractivity contribution in [1.29, 1.82) is 0 Å². The van der Waals surface area contributed by atoms with E-state index < -0.39 is 0 Å². The van der Waals surface area contributed by atoms with E-state index in [2.05, 4.69) is 222 Å². The van der Waals surface area contributed by atoms with Crippen LogP contribution in [-0.2, 0) is 38.9 Å². The van der Waals surface area contributed by atoms with E-state index in [4.69, 9.17) is 0 Å². The predicted molar refractivity (Wildman–Crippen MR) is 297 cm³/mol. The Labute approximate surface area is 412 Å². The molecule has 0 fully saturated rings. The molecule has 0 saturated heterocycles. The molecule has 4 heteroatoms. The summed E-state index contributed by atoms with van der Waals surface area (Å²) in [5.41, 5.74) is 27.2. The Morgan fingerprint density at radius 1 is 0.559 bits per heavy atom.